The van der Waals surface area contributed by atoms with Crippen LogP contribution < -0.4 is 5.32 Å². The largest absolute Gasteiger partial charge is 0.316 e. The van der Waals surface area contributed by atoms with Gasteiger partial charge in [0.05, 0.1) is 0 Å². The van der Waals surface area contributed by atoms with E-state index >= 15 is 0 Å². The zero-order valence-corrected chi connectivity index (χ0v) is 11.6. The van der Waals surface area contributed by atoms with Crippen molar-refractivity contribution >= 4 is 0 Å². The molecule has 0 saturated carbocycles. The standard InChI is InChI=1S/C15H30N2/c1-2-8-15(9-10-16-13-15)14-17-11-6-4-3-5-7-12-17/h16H,2-14H2,1H3. The Morgan fingerprint density at radius 3 is 2.35 bits per heavy atom. The highest BCUT2D eigenvalue weighted by molar-refractivity contribution is 4.90. The van der Waals surface area contributed by atoms with E-state index in [0.717, 1.165) is 0 Å². The molecule has 100 valence electrons. The van der Waals surface area contributed by atoms with Crippen LogP contribution in [0, 0.1) is 5.41 Å². The molecule has 2 saturated heterocycles. The van der Waals surface area contributed by atoms with Gasteiger partial charge in [0, 0.05) is 13.1 Å². The summed E-state index contributed by atoms with van der Waals surface area (Å²) in [5, 5.41) is 3.59. The van der Waals surface area contributed by atoms with E-state index in [2.05, 4.69) is 17.1 Å². The molecule has 1 atom stereocenters. The van der Waals surface area contributed by atoms with E-state index in [1.165, 1.54) is 84.1 Å². The van der Waals surface area contributed by atoms with Gasteiger partial charge in [0.25, 0.3) is 0 Å². The van der Waals surface area contributed by atoms with Crippen LogP contribution in [-0.2, 0) is 0 Å². The van der Waals surface area contributed by atoms with Crippen LogP contribution in [-0.4, -0.2) is 37.6 Å². The molecule has 2 heterocycles. The fourth-order valence-electron chi connectivity index (χ4n) is 3.70. The van der Waals surface area contributed by atoms with Crippen molar-refractivity contribution < 1.29 is 0 Å². The summed E-state index contributed by atoms with van der Waals surface area (Å²) in [7, 11) is 0. The third-order valence-corrected chi connectivity index (χ3v) is 4.62. The summed E-state index contributed by atoms with van der Waals surface area (Å²) in [6.45, 7) is 8.91. The van der Waals surface area contributed by atoms with Gasteiger partial charge in [-0.3, -0.25) is 0 Å². The van der Waals surface area contributed by atoms with Crippen LogP contribution in [0.15, 0.2) is 0 Å². The molecule has 2 fully saturated rings. The van der Waals surface area contributed by atoms with E-state index in [4.69, 9.17) is 0 Å². The number of nitrogens with zero attached hydrogens (tertiary/aromatic N) is 1. The second-order valence-electron chi connectivity index (χ2n) is 6.22. The van der Waals surface area contributed by atoms with E-state index in [1.54, 1.807) is 0 Å². The number of hydrogen-bond donors (Lipinski definition) is 1. The van der Waals surface area contributed by atoms with Gasteiger partial charge in [-0.15, -0.1) is 0 Å². The summed E-state index contributed by atoms with van der Waals surface area (Å²) in [4.78, 5) is 2.77. The molecular formula is C15H30N2. The van der Waals surface area contributed by atoms with Crippen LogP contribution in [0.3, 0.4) is 0 Å². The number of hydrogen-bond acceptors (Lipinski definition) is 2. The summed E-state index contributed by atoms with van der Waals surface area (Å²) < 4.78 is 0. The van der Waals surface area contributed by atoms with Crippen LogP contribution in [0.1, 0.15) is 58.3 Å². The van der Waals surface area contributed by atoms with E-state index in [0.29, 0.717) is 5.41 Å². The minimum absolute atomic E-state index is 0.605. The van der Waals surface area contributed by atoms with Gasteiger partial charge >= 0.3 is 0 Å². The first-order chi connectivity index (χ1) is 8.35. The van der Waals surface area contributed by atoms with Crippen molar-refractivity contribution in [1.82, 2.24) is 10.2 Å². The van der Waals surface area contributed by atoms with Gasteiger partial charge in [-0.2, -0.15) is 0 Å². The lowest BCUT2D eigenvalue weighted by Gasteiger charge is -2.35. The van der Waals surface area contributed by atoms with Gasteiger partial charge in [0.1, 0.15) is 0 Å². The van der Waals surface area contributed by atoms with Crippen LogP contribution >= 0.6 is 0 Å². The maximum Gasteiger partial charge on any atom is 0.00506 e. The molecule has 0 bridgehead atoms. The third kappa shape index (κ3) is 3.96. The normalized spacial score (nSPS) is 32.3. The van der Waals surface area contributed by atoms with Gasteiger partial charge in [-0.25, -0.2) is 0 Å². The molecule has 2 rings (SSSR count). The molecule has 0 radical (unpaired) electrons. The summed E-state index contributed by atoms with van der Waals surface area (Å²) >= 11 is 0. The molecule has 2 aliphatic rings. The molecule has 17 heavy (non-hydrogen) atoms. The van der Waals surface area contributed by atoms with Crippen LogP contribution in [0.2, 0.25) is 0 Å². The molecule has 0 aliphatic carbocycles. The predicted molar refractivity (Wildman–Crippen MR) is 74.4 cm³/mol. The zero-order chi connectivity index (χ0) is 12.0. The molecule has 0 aromatic carbocycles. The molecular weight excluding hydrogens is 208 g/mol. The number of likely N-dealkylation sites (tertiary alicyclic amines) is 1. The van der Waals surface area contributed by atoms with E-state index < -0.39 is 0 Å². The monoisotopic (exact) mass is 238 g/mol. The smallest absolute Gasteiger partial charge is 0.00506 e. The van der Waals surface area contributed by atoms with Crippen LogP contribution in [0.25, 0.3) is 0 Å². The van der Waals surface area contributed by atoms with Gasteiger partial charge in [0.15, 0.2) is 0 Å². The Labute approximate surface area is 107 Å². The van der Waals surface area contributed by atoms with E-state index in [1.807, 2.05) is 0 Å². The lowest BCUT2D eigenvalue weighted by molar-refractivity contribution is 0.143. The summed E-state index contributed by atoms with van der Waals surface area (Å²) in [5.41, 5.74) is 0.605. The summed E-state index contributed by atoms with van der Waals surface area (Å²) in [5.74, 6) is 0. The highest BCUT2D eigenvalue weighted by Crippen LogP contribution is 2.32. The van der Waals surface area contributed by atoms with Gasteiger partial charge in [-0.05, 0) is 50.7 Å². The highest BCUT2D eigenvalue weighted by Gasteiger charge is 2.34. The fraction of sp³-hybridized carbons (Fsp3) is 1.00. The Balaban J connectivity index is 1.86. The highest BCUT2D eigenvalue weighted by atomic mass is 15.1. The molecule has 0 aromatic heterocycles. The van der Waals surface area contributed by atoms with Crippen LogP contribution in [0.4, 0.5) is 0 Å². The Kier molecular flexibility index (Phi) is 5.30. The van der Waals surface area contributed by atoms with E-state index in [9.17, 15) is 0 Å². The van der Waals surface area contributed by atoms with Crippen LogP contribution in [0.5, 0.6) is 0 Å². The van der Waals surface area contributed by atoms with Crippen molar-refractivity contribution in [2.45, 2.75) is 58.3 Å². The first-order valence-electron chi connectivity index (χ1n) is 7.78. The fourth-order valence-corrected chi connectivity index (χ4v) is 3.70. The van der Waals surface area contributed by atoms with E-state index in [-0.39, 0.29) is 0 Å². The Morgan fingerprint density at radius 2 is 1.76 bits per heavy atom. The Bertz CT molecular complexity index is 201. The minimum atomic E-state index is 0.605. The first-order valence-corrected chi connectivity index (χ1v) is 7.78. The summed E-state index contributed by atoms with van der Waals surface area (Å²) in [6, 6.07) is 0. The van der Waals surface area contributed by atoms with Crippen molar-refractivity contribution in [3.8, 4) is 0 Å². The van der Waals surface area contributed by atoms with Crippen molar-refractivity contribution in [1.29, 1.82) is 0 Å². The molecule has 2 aliphatic heterocycles. The molecule has 1 unspecified atom stereocenters. The summed E-state index contributed by atoms with van der Waals surface area (Å²) in [6.07, 6.45) is 11.4. The van der Waals surface area contributed by atoms with Gasteiger partial charge in [0.2, 0.25) is 0 Å². The topological polar surface area (TPSA) is 15.3 Å². The molecule has 0 amide bonds. The lowest BCUT2D eigenvalue weighted by Crippen LogP contribution is -2.40. The lowest BCUT2D eigenvalue weighted by atomic mass is 9.81. The van der Waals surface area contributed by atoms with Gasteiger partial charge < -0.3 is 10.2 Å². The third-order valence-electron chi connectivity index (χ3n) is 4.62. The molecule has 2 heteroatoms. The zero-order valence-electron chi connectivity index (χ0n) is 11.6. The van der Waals surface area contributed by atoms with Crippen molar-refractivity contribution in [2.24, 2.45) is 5.41 Å². The minimum Gasteiger partial charge on any atom is -0.316 e. The maximum absolute atomic E-state index is 3.59. The molecule has 2 nitrogen and oxygen atoms in total. The second-order valence-corrected chi connectivity index (χ2v) is 6.22. The predicted octanol–water partition coefficient (Wildman–Crippen LogP) is 3.03. The number of nitrogens with one attached hydrogen (secondary N) is 1. The first kappa shape index (κ1) is 13.4. The maximum atomic E-state index is 3.59. The molecule has 0 aromatic rings. The second kappa shape index (κ2) is 6.75. The van der Waals surface area contributed by atoms with Crippen molar-refractivity contribution in [3.05, 3.63) is 0 Å². The number of rotatable bonds is 4. The average molecular weight is 238 g/mol. The van der Waals surface area contributed by atoms with Crippen molar-refractivity contribution in [2.75, 3.05) is 32.7 Å². The Morgan fingerprint density at radius 1 is 1.06 bits per heavy atom. The Hall–Kier alpha value is -0.0800. The SMILES string of the molecule is CCCC1(CN2CCCCCCC2)CCNC1. The quantitative estimate of drug-likeness (QED) is 0.810. The van der Waals surface area contributed by atoms with Gasteiger partial charge in [-0.1, -0.05) is 32.6 Å². The van der Waals surface area contributed by atoms with Crippen molar-refractivity contribution in [3.63, 3.8) is 0 Å². The average Bonchev–Trinajstić information content (AvgIpc) is 2.71. The molecule has 0 spiro atoms. The molecule has 1 N–H and O–H groups in total.